The summed E-state index contributed by atoms with van der Waals surface area (Å²) in [6.07, 6.45) is 1.73. The quantitative estimate of drug-likeness (QED) is 0.611. The number of hydrogen-bond acceptors (Lipinski definition) is 7. The average Bonchev–Trinajstić information content (AvgIpc) is 3.41. The van der Waals surface area contributed by atoms with Gasteiger partial charge < -0.3 is 24.8 Å². The molecule has 0 aliphatic carbocycles. The number of ether oxygens (including phenoxy) is 3. The van der Waals surface area contributed by atoms with Crippen molar-refractivity contribution in [1.29, 1.82) is 0 Å². The van der Waals surface area contributed by atoms with Crippen molar-refractivity contribution in [3.05, 3.63) is 72.4 Å². The molecule has 2 aromatic carbocycles. The fraction of sp³-hybridized carbons (Fsp3) is 0.333. The number of hydrogen-bond donors (Lipinski definition) is 2. The Morgan fingerprint density at radius 1 is 0.935 bits per heavy atom. The molecular weight excluding hydrogens is 392 g/mol. The molecule has 1 aromatic heterocycles. The molecule has 2 aliphatic heterocycles. The number of benzene rings is 2. The molecule has 0 spiro atoms. The van der Waals surface area contributed by atoms with Crippen molar-refractivity contribution in [3.63, 3.8) is 0 Å². The number of aromatic nitrogens is 2. The summed E-state index contributed by atoms with van der Waals surface area (Å²) in [5.41, 5.74) is 2.98. The lowest BCUT2D eigenvalue weighted by Gasteiger charge is -2.18. The van der Waals surface area contributed by atoms with Crippen LogP contribution in [0.4, 0.5) is 5.95 Å². The zero-order valence-corrected chi connectivity index (χ0v) is 17.4. The minimum atomic E-state index is -0.0354. The van der Waals surface area contributed by atoms with Gasteiger partial charge in [-0.05, 0) is 23.8 Å². The number of rotatable bonds is 7. The van der Waals surface area contributed by atoms with Crippen LogP contribution in [0.2, 0.25) is 0 Å². The molecule has 0 bridgehead atoms. The SMILES string of the molecule is COc1ccccc1-c1ccnc(N[C@@H]2CO[C@@H]3[C@@H]2OC[C@@H]3NCc2ccccc2)n1. The van der Waals surface area contributed by atoms with Gasteiger partial charge in [0.05, 0.1) is 38.1 Å². The fourth-order valence-corrected chi connectivity index (χ4v) is 4.24. The topological polar surface area (TPSA) is 77.5 Å². The molecule has 0 amide bonds. The average molecular weight is 418 g/mol. The van der Waals surface area contributed by atoms with E-state index in [1.807, 2.05) is 36.4 Å². The van der Waals surface area contributed by atoms with Gasteiger partial charge in [0.25, 0.3) is 0 Å². The van der Waals surface area contributed by atoms with Crippen molar-refractivity contribution in [2.45, 2.75) is 30.8 Å². The Balaban J connectivity index is 1.24. The van der Waals surface area contributed by atoms with E-state index in [-0.39, 0.29) is 24.3 Å². The molecule has 0 radical (unpaired) electrons. The molecule has 4 atom stereocenters. The zero-order chi connectivity index (χ0) is 21.0. The number of nitrogens with zero attached hydrogens (tertiary/aromatic N) is 2. The van der Waals surface area contributed by atoms with Crippen molar-refractivity contribution < 1.29 is 14.2 Å². The summed E-state index contributed by atoms with van der Waals surface area (Å²) < 4.78 is 17.6. The highest BCUT2D eigenvalue weighted by Gasteiger charge is 2.47. The number of anilines is 1. The lowest BCUT2D eigenvalue weighted by molar-refractivity contribution is 0.0675. The van der Waals surface area contributed by atoms with Gasteiger partial charge in [-0.25, -0.2) is 9.97 Å². The van der Waals surface area contributed by atoms with E-state index >= 15 is 0 Å². The maximum atomic E-state index is 6.09. The van der Waals surface area contributed by atoms with Gasteiger partial charge in [-0.3, -0.25) is 0 Å². The molecule has 2 N–H and O–H groups in total. The van der Waals surface area contributed by atoms with Gasteiger partial charge in [0.1, 0.15) is 18.0 Å². The minimum Gasteiger partial charge on any atom is -0.496 e. The van der Waals surface area contributed by atoms with E-state index in [4.69, 9.17) is 19.2 Å². The molecule has 160 valence electrons. The summed E-state index contributed by atoms with van der Waals surface area (Å²) in [5.74, 6) is 1.34. The highest BCUT2D eigenvalue weighted by molar-refractivity contribution is 5.67. The Kier molecular flexibility index (Phi) is 5.80. The number of fused-ring (bicyclic) bond motifs is 1. The molecule has 2 saturated heterocycles. The first-order valence-corrected chi connectivity index (χ1v) is 10.6. The third-order valence-corrected chi connectivity index (χ3v) is 5.82. The Labute approximate surface area is 181 Å². The van der Waals surface area contributed by atoms with Gasteiger partial charge in [0.15, 0.2) is 0 Å². The lowest BCUT2D eigenvalue weighted by Crippen LogP contribution is -2.41. The first-order valence-electron chi connectivity index (χ1n) is 10.6. The maximum absolute atomic E-state index is 6.09. The third kappa shape index (κ3) is 4.25. The molecule has 7 heteroatoms. The van der Waals surface area contributed by atoms with Crippen LogP contribution < -0.4 is 15.4 Å². The predicted molar refractivity (Wildman–Crippen MR) is 118 cm³/mol. The molecule has 2 aliphatic rings. The normalized spacial score (nSPS) is 24.7. The first kappa shape index (κ1) is 19.9. The second kappa shape index (κ2) is 9.01. The first-order chi connectivity index (χ1) is 15.3. The van der Waals surface area contributed by atoms with E-state index in [2.05, 4.69) is 39.9 Å². The van der Waals surface area contributed by atoms with Crippen LogP contribution in [0.3, 0.4) is 0 Å². The fourth-order valence-electron chi connectivity index (χ4n) is 4.24. The van der Waals surface area contributed by atoms with Crippen molar-refractivity contribution in [2.24, 2.45) is 0 Å². The minimum absolute atomic E-state index is 0.00134. The lowest BCUT2D eigenvalue weighted by atomic mass is 10.1. The molecule has 2 fully saturated rings. The van der Waals surface area contributed by atoms with Crippen molar-refractivity contribution >= 4 is 5.95 Å². The predicted octanol–water partition coefficient (Wildman–Crippen LogP) is 2.89. The molecule has 0 unspecified atom stereocenters. The summed E-state index contributed by atoms with van der Waals surface area (Å²) in [7, 11) is 1.66. The summed E-state index contributed by atoms with van der Waals surface area (Å²) in [5, 5.41) is 6.99. The molecule has 7 nitrogen and oxygen atoms in total. The van der Waals surface area contributed by atoms with Gasteiger partial charge in [0, 0.05) is 18.3 Å². The zero-order valence-electron chi connectivity index (χ0n) is 17.4. The van der Waals surface area contributed by atoms with Crippen LogP contribution in [0.15, 0.2) is 66.9 Å². The summed E-state index contributed by atoms with van der Waals surface area (Å²) in [6.45, 7) is 1.98. The monoisotopic (exact) mass is 418 g/mol. The van der Waals surface area contributed by atoms with E-state index < -0.39 is 0 Å². The molecule has 5 rings (SSSR count). The van der Waals surface area contributed by atoms with Gasteiger partial charge in [-0.15, -0.1) is 0 Å². The Morgan fingerprint density at radius 2 is 1.68 bits per heavy atom. The van der Waals surface area contributed by atoms with Crippen LogP contribution in [0.5, 0.6) is 5.75 Å². The highest BCUT2D eigenvalue weighted by Crippen LogP contribution is 2.31. The van der Waals surface area contributed by atoms with E-state index in [0.29, 0.717) is 19.2 Å². The standard InChI is InChI=1S/C24H26N4O3/c1-29-21-10-6-5-9-17(21)18-11-12-25-24(27-18)28-20-15-31-22-19(14-30-23(20)22)26-13-16-7-3-2-4-8-16/h2-12,19-20,22-23,26H,13-15H2,1H3,(H,25,27,28)/t19-,20+,22-,23+/m0/s1. The van der Waals surface area contributed by atoms with Gasteiger partial charge in [-0.2, -0.15) is 0 Å². The number of methoxy groups -OCH3 is 1. The van der Waals surface area contributed by atoms with Crippen molar-refractivity contribution in [3.8, 4) is 17.0 Å². The van der Waals surface area contributed by atoms with Crippen molar-refractivity contribution in [1.82, 2.24) is 15.3 Å². The Morgan fingerprint density at radius 3 is 2.52 bits per heavy atom. The Bertz CT molecular complexity index is 1020. The molecule has 31 heavy (non-hydrogen) atoms. The van der Waals surface area contributed by atoms with E-state index in [0.717, 1.165) is 23.6 Å². The van der Waals surface area contributed by atoms with Crippen molar-refractivity contribution in [2.75, 3.05) is 25.6 Å². The summed E-state index contributed by atoms with van der Waals surface area (Å²) in [4.78, 5) is 9.10. The Hall–Kier alpha value is -3.00. The van der Waals surface area contributed by atoms with Crippen LogP contribution in [0.1, 0.15) is 5.56 Å². The maximum Gasteiger partial charge on any atom is 0.223 e. The van der Waals surface area contributed by atoms with Crippen LogP contribution in [-0.4, -0.2) is 54.6 Å². The molecule has 3 heterocycles. The van der Waals surface area contributed by atoms with Crippen LogP contribution in [0.25, 0.3) is 11.3 Å². The number of para-hydroxylation sites is 1. The molecule has 3 aromatic rings. The van der Waals surface area contributed by atoms with Crippen LogP contribution >= 0.6 is 0 Å². The van der Waals surface area contributed by atoms with Crippen LogP contribution in [-0.2, 0) is 16.0 Å². The van der Waals surface area contributed by atoms with E-state index in [1.165, 1.54) is 5.56 Å². The van der Waals surface area contributed by atoms with E-state index in [1.54, 1.807) is 13.3 Å². The highest BCUT2D eigenvalue weighted by atomic mass is 16.6. The van der Waals surface area contributed by atoms with E-state index in [9.17, 15) is 0 Å². The van der Waals surface area contributed by atoms with Gasteiger partial charge in [-0.1, -0.05) is 42.5 Å². The molecular formula is C24H26N4O3. The van der Waals surface area contributed by atoms with Gasteiger partial charge >= 0.3 is 0 Å². The number of nitrogens with one attached hydrogen (secondary N) is 2. The largest absolute Gasteiger partial charge is 0.496 e. The molecule has 0 saturated carbocycles. The summed E-state index contributed by atoms with van der Waals surface area (Å²) >= 11 is 0. The summed E-state index contributed by atoms with van der Waals surface area (Å²) in [6, 6.07) is 20.2. The van der Waals surface area contributed by atoms with Crippen LogP contribution in [0, 0.1) is 0 Å². The second-order valence-corrected chi connectivity index (χ2v) is 7.79. The second-order valence-electron chi connectivity index (χ2n) is 7.79. The smallest absolute Gasteiger partial charge is 0.223 e. The van der Waals surface area contributed by atoms with Gasteiger partial charge in [0.2, 0.25) is 5.95 Å². The third-order valence-electron chi connectivity index (χ3n) is 5.82.